The molecule has 136 valence electrons. The van der Waals surface area contributed by atoms with Crippen LogP contribution in [0.1, 0.15) is 32.1 Å². The van der Waals surface area contributed by atoms with Gasteiger partial charge in [-0.2, -0.15) is 0 Å². The Kier molecular flexibility index (Phi) is 7.56. The van der Waals surface area contributed by atoms with Crippen molar-refractivity contribution in [2.24, 2.45) is 4.99 Å². The molecule has 1 aliphatic carbocycles. The largest absolute Gasteiger partial charge is 0.353 e. The topological polar surface area (TPSA) is 51.2 Å². The molecule has 0 radical (unpaired) electrons. The van der Waals surface area contributed by atoms with Gasteiger partial charge < -0.3 is 15.1 Å². The fourth-order valence-electron chi connectivity index (χ4n) is 3.46. The van der Waals surface area contributed by atoms with E-state index in [1.54, 1.807) is 19.0 Å². The number of nitrogens with one attached hydrogen (secondary N) is 1. The van der Waals surface area contributed by atoms with Crippen molar-refractivity contribution in [3.63, 3.8) is 0 Å². The van der Waals surface area contributed by atoms with E-state index in [2.05, 4.69) is 26.7 Å². The van der Waals surface area contributed by atoms with Crippen molar-refractivity contribution in [1.82, 2.24) is 20.0 Å². The van der Waals surface area contributed by atoms with Crippen molar-refractivity contribution < 1.29 is 4.79 Å². The Morgan fingerprint density at radius 3 is 2.46 bits per heavy atom. The summed E-state index contributed by atoms with van der Waals surface area (Å²) in [6.07, 6.45) is 8.69. The second-order valence-electron chi connectivity index (χ2n) is 6.91. The lowest BCUT2D eigenvalue weighted by atomic mass is 9.94. The van der Waals surface area contributed by atoms with Crippen LogP contribution in [0.5, 0.6) is 0 Å². The summed E-state index contributed by atoms with van der Waals surface area (Å²) in [5.74, 6) is 0.849. The fourth-order valence-corrected chi connectivity index (χ4v) is 3.46. The van der Waals surface area contributed by atoms with E-state index in [1.807, 2.05) is 6.08 Å². The summed E-state index contributed by atoms with van der Waals surface area (Å²) in [4.78, 5) is 22.8. The fraction of sp³-hybridized carbons (Fsp3) is 0.778. The van der Waals surface area contributed by atoms with Crippen molar-refractivity contribution in [1.29, 1.82) is 0 Å². The van der Waals surface area contributed by atoms with Gasteiger partial charge >= 0.3 is 0 Å². The zero-order valence-electron chi connectivity index (χ0n) is 15.3. The normalized spacial score (nSPS) is 20.8. The van der Waals surface area contributed by atoms with Crippen LogP contribution in [0.4, 0.5) is 0 Å². The molecule has 1 heterocycles. The monoisotopic (exact) mass is 335 g/mol. The van der Waals surface area contributed by atoms with Crippen LogP contribution in [-0.4, -0.2) is 86.0 Å². The second-order valence-corrected chi connectivity index (χ2v) is 6.91. The van der Waals surface area contributed by atoms with E-state index in [9.17, 15) is 4.79 Å². The van der Waals surface area contributed by atoms with Crippen LogP contribution in [0.25, 0.3) is 0 Å². The second kappa shape index (κ2) is 9.67. The van der Waals surface area contributed by atoms with Gasteiger partial charge in [-0.3, -0.25) is 9.69 Å². The molecule has 24 heavy (non-hydrogen) atoms. The Balaban J connectivity index is 1.89. The maximum absolute atomic E-state index is 11.8. The van der Waals surface area contributed by atoms with Gasteiger partial charge in [-0.25, -0.2) is 4.99 Å². The Morgan fingerprint density at radius 2 is 1.88 bits per heavy atom. The molecule has 1 saturated carbocycles. The number of carbonyl (C=O) groups excluding carboxylic acids is 1. The smallest absolute Gasteiger partial charge is 0.243 e. The highest BCUT2D eigenvalue weighted by atomic mass is 16.2. The first kappa shape index (κ1) is 18.8. The molecule has 1 aliphatic heterocycles. The Morgan fingerprint density at radius 1 is 1.21 bits per heavy atom. The predicted molar refractivity (Wildman–Crippen MR) is 99.2 cm³/mol. The van der Waals surface area contributed by atoms with Gasteiger partial charge in [0.15, 0.2) is 5.96 Å². The molecule has 6 heteroatoms. The summed E-state index contributed by atoms with van der Waals surface area (Å²) in [6, 6.07) is 0.776. The third kappa shape index (κ3) is 5.51. The molecule has 6 nitrogen and oxygen atoms in total. The minimum Gasteiger partial charge on any atom is -0.353 e. The van der Waals surface area contributed by atoms with Crippen LogP contribution in [0.2, 0.25) is 0 Å². The lowest BCUT2D eigenvalue weighted by molar-refractivity contribution is -0.127. The van der Waals surface area contributed by atoms with Crippen LogP contribution in [-0.2, 0) is 4.79 Å². The first-order chi connectivity index (χ1) is 11.6. The number of hydrogen-bond acceptors (Lipinski definition) is 3. The standard InChI is InChI=1S/C18H33N5O/c1-4-10-19-18(20-15-17(24)21(2)3)23-13-11-22(12-14-23)16-8-6-5-7-9-16/h4,16H,1,5-15H2,2-3H3,(H,19,20). The quantitative estimate of drug-likeness (QED) is 0.465. The molecule has 2 rings (SSSR count). The van der Waals surface area contributed by atoms with Gasteiger partial charge in [0.25, 0.3) is 0 Å². The summed E-state index contributed by atoms with van der Waals surface area (Å²) in [5, 5.41) is 3.30. The summed E-state index contributed by atoms with van der Waals surface area (Å²) in [7, 11) is 3.52. The van der Waals surface area contributed by atoms with Crippen LogP contribution in [0.3, 0.4) is 0 Å². The van der Waals surface area contributed by atoms with Gasteiger partial charge in [0.05, 0.1) is 0 Å². The molecule has 0 unspecified atom stereocenters. The maximum Gasteiger partial charge on any atom is 0.243 e. The molecule has 0 aromatic heterocycles. The highest BCUT2D eigenvalue weighted by Gasteiger charge is 2.26. The number of likely N-dealkylation sites (N-methyl/N-ethyl adjacent to an activating group) is 1. The molecular weight excluding hydrogens is 302 g/mol. The van der Waals surface area contributed by atoms with Gasteiger partial charge in [0.2, 0.25) is 5.91 Å². The number of nitrogens with zero attached hydrogens (tertiary/aromatic N) is 4. The average molecular weight is 335 g/mol. The van der Waals surface area contributed by atoms with E-state index in [-0.39, 0.29) is 12.5 Å². The number of amides is 1. The van der Waals surface area contributed by atoms with Crippen molar-refractivity contribution in [3.05, 3.63) is 12.7 Å². The van der Waals surface area contributed by atoms with E-state index < -0.39 is 0 Å². The van der Waals surface area contributed by atoms with Crippen molar-refractivity contribution in [2.75, 3.05) is 53.4 Å². The zero-order valence-corrected chi connectivity index (χ0v) is 15.3. The SMILES string of the molecule is C=CCNC(=NCC(=O)N(C)C)N1CCN(C2CCCCC2)CC1. The van der Waals surface area contributed by atoms with Crippen molar-refractivity contribution >= 4 is 11.9 Å². The molecule has 0 aromatic carbocycles. The van der Waals surface area contributed by atoms with Gasteiger partial charge in [0.1, 0.15) is 6.54 Å². The highest BCUT2D eigenvalue weighted by molar-refractivity contribution is 5.85. The summed E-state index contributed by atoms with van der Waals surface area (Å²) >= 11 is 0. The zero-order chi connectivity index (χ0) is 17.4. The van der Waals surface area contributed by atoms with Gasteiger partial charge in [-0.15, -0.1) is 6.58 Å². The maximum atomic E-state index is 11.8. The van der Waals surface area contributed by atoms with Crippen LogP contribution in [0.15, 0.2) is 17.6 Å². The minimum atomic E-state index is 0.0220. The van der Waals surface area contributed by atoms with E-state index in [1.165, 1.54) is 32.1 Å². The molecule has 1 saturated heterocycles. The Labute approximate surface area is 146 Å². The van der Waals surface area contributed by atoms with E-state index in [0.29, 0.717) is 6.54 Å². The summed E-state index contributed by atoms with van der Waals surface area (Å²) in [6.45, 7) is 8.71. The first-order valence-corrected chi connectivity index (χ1v) is 9.20. The lowest BCUT2D eigenvalue weighted by Gasteiger charge is -2.41. The average Bonchev–Trinajstić information content (AvgIpc) is 2.62. The molecule has 0 aromatic rings. The predicted octanol–water partition coefficient (Wildman–Crippen LogP) is 1.16. The molecule has 2 aliphatic rings. The molecule has 0 atom stereocenters. The molecule has 0 spiro atoms. The van der Waals surface area contributed by atoms with Crippen LogP contribution in [0, 0.1) is 0 Å². The summed E-state index contributed by atoms with van der Waals surface area (Å²) < 4.78 is 0. The highest BCUT2D eigenvalue weighted by Crippen LogP contribution is 2.23. The van der Waals surface area contributed by atoms with E-state index >= 15 is 0 Å². The van der Waals surface area contributed by atoms with Gasteiger partial charge in [-0.1, -0.05) is 25.3 Å². The molecule has 2 fully saturated rings. The van der Waals surface area contributed by atoms with Gasteiger partial charge in [0, 0.05) is 52.9 Å². The summed E-state index contributed by atoms with van der Waals surface area (Å²) in [5.41, 5.74) is 0. The Bertz CT molecular complexity index is 435. The number of guanidine groups is 1. The number of carbonyl (C=O) groups is 1. The van der Waals surface area contributed by atoms with Gasteiger partial charge in [-0.05, 0) is 12.8 Å². The van der Waals surface area contributed by atoms with Crippen LogP contribution < -0.4 is 5.32 Å². The molecule has 1 N–H and O–H groups in total. The number of hydrogen-bond donors (Lipinski definition) is 1. The lowest BCUT2D eigenvalue weighted by Crippen LogP contribution is -2.55. The van der Waals surface area contributed by atoms with Crippen molar-refractivity contribution in [2.45, 2.75) is 38.1 Å². The third-order valence-electron chi connectivity index (χ3n) is 4.97. The molecular formula is C18H33N5O. The minimum absolute atomic E-state index is 0.0220. The number of aliphatic imine (C=N–C) groups is 1. The number of piperazine rings is 1. The first-order valence-electron chi connectivity index (χ1n) is 9.20. The molecule has 0 bridgehead atoms. The molecule has 1 amide bonds. The number of rotatable bonds is 5. The Hall–Kier alpha value is -1.56. The van der Waals surface area contributed by atoms with E-state index in [0.717, 1.165) is 38.2 Å². The van der Waals surface area contributed by atoms with Crippen molar-refractivity contribution in [3.8, 4) is 0 Å². The van der Waals surface area contributed by atoms with Crippen LogP contribution >= 0.6 is 0 Å². The van der Waals surface area contributed by atoms with E-state index in [4.69, 9.17) is 0 Å². The third-order valence-corrected chi connectivity index (χ3v) is 4.97.